The van der Waals surface area contributed by atoms with Crippen LogP contribution in [0.3, 0.4) is 0 Å². The van der Waals surface area contributed by atoms with Gasteiger partial charge >= 0.3 is 6.09 Å². The van der Waals surface area contributed by atoms with Crippen molar-refractivity contribution in [2.24, 2.45) is 11.8 Å². The van der Waals surface area contributed by atoms with Gasteiger partial charge in [0.05, 0.1) is 0 Å². The van der Waals surface area contributed by atoms with E-state index < -0.39 is 23.8 Å². The molecule has 2 rings (SSSR count). The molecule has 0 saturated heterocycles. The van der Waals surface area contributed by atoms with E-state index in [-0.39, 0.29) is 35.7 Å². The number of hydrogen-bond donors (Lipinski definition) is 2. The molecular formula is C26H41N3O4. The molecule has 1 aliphatic rings. The first-order valence-electron chi connectivity index (χ1n) is 11.9. The maximum absolute atomic E-state index is 14.0. The van der Waals surface area contributed by atoms with E-state index in [9.17, 15) is 14.4 Å². The summed E-state index contributed by atoms with van der Waals surface area (Å²) in [5.41, 5.74) is 1.10. The molecule has 0 aliphatic heterocycles. The maximum atomic E-state index is 14.0. The number of alkyl carbamates (subject to hydrolysis) is 1. The van der Waals surface area contributed by atoms with Gasteiger partial charge in [-0.15, -0.1) is 0 Å². The molecule has 4 atom stereocenters. The quantitative estimate of drug-likeness (QED) is 0.605. The Bertz CT molecular complexity index is 859. The van der Waals surface area contributed by atoms with Crippen molar-refractivity contribution in [1.82, 2.24) is 15.5 Å². The Balaban J connectivity index is 2.47. The number of ether oxygens (including phenoxy) is 1. The second kappa shape index (κ2) is 10.6. The average Bonchev–Trinajstić information content (AvgIpc) is 3.37. The molecule has 1 fully saturated rings. The lowest BCUT2D eigenvalue weighted by Crippen LogP contribution is -2.56. The van der Waals surface area contributed by atoms with E-state index in [0.29, 0.717) is 0 Å². The molecule has 4 unspecified atom stereocenters. The van der Waals surface area contributed by atoms with Crippen molar-refractivity contribution in [1.29, 1.82) is 0 Å². The molecule has 1 aromatic rings. The van der Waals surface area contributed by atoms with Crippen molar-refractivity contribution in [2.45, 2.75) is 98.5 Å². The Labute approximate surface area is 198 Å². The first-order chi connectivity index (χ1) is 15.2. The van der Waals surface area contributed by atoms with Gasteiger partial charge in [-0.25, -0.2) is 4.79 Å². The summed E-state index contributed by atoms with van der Waals surface area (Å²) in [4.78, 5) is 41.6. The van der Waals surface area contributed by atoms with E-state index in [0.717, 1.165) is 17.5 Å². The van der Waals surface area contributed by atoms with Crippen LogP contribution in [0.15, 0.2) is 24.3 Å². The highest BCUT2D eigenvalue weighted by Gasteiger charge is 2.48. The number of benzene rings is 1. The van der Waals surface area contributed by atoms with Crippen molar-refractivity contribution in [3.8, 4) is 0 Å². The first kappa shape index (κ1) is 26.7. The van der Waals surface area contributed by atoms with E-state index in [2.05, 4.69) is 17.6 Å². The molecule has 1 aromatic carbocycles. The molecule has 3 amide bonds. The third-order valence-electron chi connectivity index (χ3n) is 5.60. The number of nitrogens with one attached hydrogen (secondary N) is 2. The van der Waals surface area contributed by atoms with Gasteiger partial charge in [-0.3, -0.25) is 9.59 Å². The van der Waals surface area contributed by atoms with Gasteiger partial charge in [-0.05, 0) is 65.4 Å². The van der Waals surface area contributed by atoms with Gasteiger partial charge < -0.3 is 20.3 Å². The normalized spacial score (nSPS) is 19.6. The molecule has 0 bridgehead atoms. The van der Waals surface area contributed by atoms with Gasteiger partial charge in [0.15, 0.2) is 0 Å². The summed E-state index contributed by atoms with van der Waals surface area (Å²) in [6.07, 6.45) is 0.178. The number of carbonyl (C=O) groups is 3. The molecule has 0 radical (unpaired) electrons. The zero-order valence-corrected chi connectivity index (χ0v) is 21.6. The third-order valence-corrected chi connectivity index (χ3v) is 5.60. The largest absolute Gasteiger partial charge is 0.444 e. The topological polar surface area (TPSA) is 87.7 Å². The highest BCUT2D eigenvalue weighted by Crippen LogP contribution is 2.41. The summed E-state index contributed by atoms with van der Waals surface area (Å²) in [5, 5.41) is 5.75. The Morgan fingerprint density at radius 1 is 1.09 bits per heavy atom. The summed E-state index contributed by atoms with van der Waals surface area (Å²) in [5.74, 6) is -0.395. The van der Waals surface area contributed by atoms with Crippen LogP contribution in [0.1, 0.15) is 79.0 Å². The number of hydrogen-bond acceptors (Lipinski definition) is 4. The SMILES string of the molecule is Cc1cccc(C(C(=O)NC(C)C)N(C(=O)C(NC(=O)OC(C)(C)C)C(C)C)C2CC2C)c1. The predicted octanol–water partition coefficient (Wildman–Crippen LogP) is 4.35. The summed E-state index contributed by atoms with van der Waals surface area (Å²) in [6.45, 7) is 16.9. The van der Waals surface area contributed by atoms with Crippen molar-refractivity contribution in [2.75, 3.05) is 0 Å². The van der Waals surface area contributed by atoms with Gasteiger partial charge in [0.1, 0.15) is 17.7 Å². The van der Waals surface area contributed by atoms with Gasteiger partial charge in [0, 0.05) is 12.1 Å². The summed E-state index contributed by atoms with van der Waals surface area (Å²) in [7, 11) is 0. The third kappa shape index (κ3) is 7.47. The van der Waals surface area contributed by atoms with Gasteiger partial charge in [0.25, 0.3) is 0 Å². The number of rotatable bonds is 8. The van der Waals surface area contributed by atoms with E-state index >= 15 is 0 Å². The van der Waals surface area contributed by atoms with Gasteiger partial charge in [-0.2, -0.15) is 0 Å². The van der Waals surface area contributed by atoms with E-state index in [1.54, 1.807) is 25.7 Å². The van der Waals surface area contributed by atoms with Crippen LogP contribution in [-0.4, -0.2) is 46.5 Å². The highest BCUT2D eigenvalue weighted by atomic mass is 16.6. The minimum atomic E-state index is -0.813. The van der Waals surface area contributed by atoms with E-state index in [1.165, 1.54) is 0 Å². The van der Waals surface area contributed by atoms with Crippen LogP contribution >= 0.6 is 0 Å². The zero-order chi connectivity index (χ0) is 25.1. The van der Waals surface area contributed by atoms with Crippen LogP contribution in [0.5, 0.6) is 0 Å². The molecule has 33 heavy (non-hydrogen) atoms. The molecule has 0 spiro atoms. The van der Waals surface area contributed by atoms with E-state index in [1.807, 2.05) is 58.9 Å². The minimum absolute atomic E-state index is 0.0670. The number of carbonyl (C=O) groups excluding carboxylic acids is 3. The Hall–Kier alpha value is -2.57. The summed E-state index contributed by atoms with van der Waals surface area (Å²) in [6, 6.07) is 5.97. The second-order valence-electron chi connectivity index (χ2n) is 10.9. The lowest BCUT2D eigenvalue weighted by Gasteiger charge is -2.36. The smallest absolute Gasteiger partial charge is 0.408 e. The standard InChI is InChI=1S/C26H41N3O4/c1-15(2)21(28-25(32)33-26(7,8)9)24(31)29(20-14-18(20)6)22(23(30)27-16(3)4)19-12-10-11-17(5)13-19/h10-13,15-16,18,20-22H,14H2,1-9H3,(H,27,30)(H,28,32). The highest BCUT2D eigenvalue weighted by molar-refractivity contribution is 5.92. The van der Waals surface area contributed by atoms with Gasteiger partial charge in [0.2, 0.25) is 11.8 Å². The molecule has 2 N–H and O–H groups in total. The lowest BCUT2D eigenvalue weighted by molar-refractivity contribution is -0.144. The van der Waals surface area contributed by atoms with Crippen LogP contribution in [-0.2, 0) is 14.3 Å². The molecular weight excluding hydrogens is 418 g/mol. The molecule has 184 valence electrons. The van der Waals surface area contributed by atoms with Crippen molar-refractivity contribution in [3.05, 3.63) is 35.4 Å². The molecule has 1 aliphatic carbocycles. The lowest BCUT2D eigenvalue weighted by atomic mass is 9.97. The summed E-state index contributed by atoms with van der Waals surface area (Å²) >= 11 is 0. The number of amides is 3. The van der Waals surface area contributed by atoms with Crippen LogP contribution in [0.25, 0.3) is 0 Å². The van der Waals surface area contributed by atoms with E-state index in [4.69, 9.17) is 4.74 Å². The van der Waals surface area contributed by atoms with Crippen molar-refractivity contribution >= 4 is 17.9 Å². The van der Waals surface area contributed by atoms with Crippen molar-refractivity contribution < 1.29 is 19.1 Å². The van der Waals surface area contributed by atoms with Gasteiger partial charge in [-0.1, -0.05) is 50.6 Å². The Kier molecular flexibility index (Phi) is 8.55. The maximum Gasteiger partial charge on any atom is 0.408 e. The van der Waals surface area contributed by atoms with Crippen LogP contribution in [0.4, 0.5) is 4.79 Å². The Morgan fingerprint density at radius 3 is 2.15 bits per heavy atom. The number of nitrogens with zero attached hydrogens (tertiary/aromatic N) is 1. The second-order valence-corrected chi connectivity index (χ2v) is 10.9. The first-order valence-corrected chi connectivity index (χ1v) is 11.9. The van der Waals surface area contributed by atoms with Crippen LogP contribution < -0.4 is 10.6 Å². The van der Waals surface area contributed by atoms with Crippen LogP contribution in [0.2, 0.25) is 0 Å². The van der Waals surface area contributed by atoms with Crippen LogP contribution in [0, 0.1) is 18.8 Å². The fourth-order valence-corrected chi connectivity index (χ4v) is 3.92. The Morgan fingerprint density at radius 2 is 1.70 bits per heavy atom. The van der Waals surface area contributed by atoms with Crippen molar-refractivity contribution in [3.63, 3.8) is 0 Å². The number of aryl methyl sites for hydroxylation is 1. The molecule has 7 heteroatoms. The predicted molar refractivity (Wildman–Crippen MR) is 130 cm³/mol. The summed E-state index contributed by atoms with van der Waals surface area (Å²) < 4.78 is 5.41. The fraction of sp³-hybridized carbons (Fsp3) is 0.654. The average molecular weight is 460 g/mol. The minimum Gasteiger partial charge on any atom is -0.444 e. The molecule has 0 heterocycles. The molecule has 7 nitrogen and oxygen atoms in total. The molecule has 0 aromatic heterocycles. The molecule has 1 saturated carbocycles. The fourth-order valence-electron chi connectivity index (χ4n) is 3.92. The zero-order valence-electron chi connectivity index (χ0n) is 21.6. The monoisotopic (exact) mass is 459 g/mol.